The summed E-state index contributed by atoms with van der Waals surface area (Å²) >= 11 is 3.22. The Balaban J connectivity index is 2.87. The number of benzene rings is 1. The van der Waals surface area contributed by atoms with Crippen molar-refractivity contribution >= 4 is 27.9 Å². The van der Waals surface area contributed by atoms with Crippen LogP contribution in [0.2, 0.25) is 0 Å². The van der Waals surface area contributed by atoms with Crippen molar-refractivity contribution in [2.24, 2.45) is 0 Å². The summed E-state index contributed by atoms with van der Waals surface area (Å²) in [5.74, 6) is -1.80. The topological polar surface area (TPSA) is 63.6 Å². The van der Waals surface area contributed by atoms with Crippen molar-refractivity contribution in [2.75, 3.05) is 0 Å². The van der Waals surface area contributed by atoms with Crippen LogP contribution in [0.5, 0.6) is 0 Å². The smallest absolute Gasteiger partial charge is 0.346 e. The van der Waals surface area contributed by atoms with Gasteiger partial charge in [-0.05, 0) is 5.56 Å². The fraction of sp³-hybridized carbons (Fsp3) is 0.273. The molecule has 0 unspecified atom stereocenters. The number of esters is 1. The van der Waals surface area contributed by atoms with Crippen LogP contribution in [0.15, 0.2) is 30.3 Å². The van der Waals surface area contributed by atoms with E-state index in [0.29, 0.717) is 0 Å². The van der Waals surface area contributed by atoms with Gasteiger partial charge in [-0.25, -0.2) is 4.79 Å². The molecule has 0 bridgehead atoms. The first-order chi connectivity index (χ1) is 7.52. The second-order valence-electron chi connectivity index (χ2n) is 3.18. The molecule has 0 aromatic heterocycles. The summed E-state index contributed by atoms with van der Waals surface area (Å²) in [6.07, 6.45) is -1.22. The molecule has 0 amide bonds. The summed E-state index contributed by atoms with van der Waals surface area (Å²) in [7, 11) is 0. The van der Waals surface area contributed by atoms with Gasteiger partial charge in [-0.1, -0.05) is 46.3 Å². The van der Waals surface area contributed by atoms with E-state index in [9.17, 15) is 9.59 Å². The average Bonchev–Trinajstić information content (AvgIpc) is 2.25. The highest BCUT2D eigenvalue weighted by atomic mass is 79.9. The maximum absolute atomic E-state index is 10.9. The van der Waals surface area contributed by atoms with Crippen molar-refractivity contribution in [3.8, 4) is 0 Å². The molecule has 0 spiro atoms. The molecule has 2 atom stereocenters. The quantitative estimate of drug-likeness (QED) is 0.680. The van der Waals surface area contributed by atoms with Gasteiger partial charge in [0.05, 0.1) is 4.83 Å². The van der Waals surface area contributed by atoms with Crippen LogP contribution < -0.4 is 0 Å². The van der Waals surface area contributed by atoms with E-state index in [1.807, 2.05) is 6.07 Å². The van der Waals surface area contributed by atoms with Gasteiger partial charge in [0.1, 0.15) is 0 Å². The van der Waals surface area contributed by atoms with Gasteiger partial charge in [-0.3, -0.25) is 4.79 Å². The molecule has 0 saturated carbocycles. The molecule has 0 aliphatic carbocycles. The van der Waals surface area contributed by atoms with E-state index in [2.05, 4.69) is 15.9 Å². The number of ether oxygens (including phenoxy) is 1. The minimum absolute atomic E-state index is 0.560. The van der Waals surface area contributed by atoms with E-state index in [1.165, 1.54) is 6.92 Å². The van der Waals surface area contributed by atoms with E-state index >= 15 is 0 Å². The molecule has 86 valence electrons. The number of rotatable bonds is 4. The Morgan fingerprint density at radius 3 is 2.31 bits per heavy atom. The first kappa shape index (κ1) is 12.7. The SMILES string of the molecule is CC(=O)O[C@H](C(=O)O)[C@@H](Br)c1ccccc1. The van der Waals surface area contributed by atoms with Gasteiger partial charge >= 0.3 is 11.9 Å². The van der Waals surface area contributed by atoms with Crippen molar-refractivity contribution in [2.45, 2.75) is 17.9 Å². The molecule has 1 N–H and O–H groups in total. The lowest BCUT2D eigenvalue weighted by molar-refractivity contribution is -0.162. The molecule has 16 heavy (non-hydrogen) atoms. The zero-order valence-electron chi connectivity index (χ0n) is 8.59. The van der Waals surface area contributed by atoms with Gasteiger partial charge in [0, 0.05) is 6.92 Å². The molecule has 0 radical (unpaired) electrons. The molecule has 1 rings (SSSR count). The number of alkyl halides is 1. The second-order valence-corrected chi connectivity index (χ2v) is 4.17. The van der Waals surface area contributed by atoms with E-state index in [-0.39, 0.29) is 0 Å². The number of halogens is 1. The third-order valence-electron chi connectivity index (χ3n) is 1.92. The van der Waals surface area contributed by atoms with Crippen LogP contribution in [0.4, 0.5) is 0 Å². The zero-order valence-corrected chi connectivity index (χ0v) is 10.2. The number of aliphatic carboxylic acids is 1. The van der Waals surface area contributed by atoms with Crippen molar-refractivity contribution in [1.82, 2.24) is 0 Å². The number of carbonyl (C=O) groups excluding carboxylic acids is 1. The van der Waals surface area contributed by atoms with Gasteiger partial charge in [0.15, 0.2) is 0 Å². The van der Waals surface area contributed by atoms with Gasteiger partial charge < -0.3 is 9.84 Å². The minimum Gasteiger partial charge on any atom is -0.478 e. The maximum atomic E-state index is 10.9. The van der Waals surface area contributed by atoms with Crippen molar-refractivity contribution in [1.29, 1.82) is 0 Å². The van der Waals surface area contributed by atoms with Crippen LogP contribution in [-0.4, -0.2) is 23.1 Å². The Kier molecular flexibility index (Phi) is 4.49. The lowest BCUT2D eigenvalue weighted by atomic mass is 10.1. The fourth-order valence-corrected chi connectivity index (χ4v) is 1.87. The molecule has 4 nitrogen and oxygen atoms in total. The van der Waals surface area contributed by atoms with Crippen LogP contribution in [0.25, 0.3) is 0 Å². The molecule has 0 heterocycles. The third-order valence-corrected chi connectivity index (χ3v) is 2.93. The molecule has 1 aromatic carbocycles. The zero-order chi connectivity index (χ0) is 12.1. The van der Waals surface area contributed by atoms with Gasteiger partial charge in [0.2, 0.25) is 6.10 Å². The minimum atomic E-state index is -1.22. The molecular weight excluding hydrogens is 276 g/mol. The first-order valence-corrected chi connectivity index (χ1v) is 5.53. The predicted octanol–water partition coefficient (Wildman–Crippen LogP) is 2.14. The highest BCUT2D eigenvalue weighted by Gasteiger charge is 2.30. The summed E-state index contributed by atoms with van der Waals surface area (Å²) in [4.78, 5) is 21.2. The monoisotopic (exact) mass is 286 g/mol. The number of carbonyl (C=O) groups is 2. The Morgan fingerprint density at radius 1 is 1.31 bits per heavy atom. The Labute approximate surface area is 101 Å². The summed E-state index contributed by atoms with van der Waals surface area (Å²) in [6, 6.07) is 8.93. The molecule has 0 saturated heterocycles. The standard InChI is InChI=1S/C11H11BrO4/c1-7(13)16-10(11(14)15)9(12)8-5-3-2-4-6-8/h2-6,9-10H,1H3,(H,14,15)/t9-,10-/m0/s1. The normalized spacial score (nSPS) is 13.9. The van der Waals surface area contributed by atoms with Crippen molar-refractivity contribution < 1.29 is 19.4 Å². The third kappa shape index (κ3) is 3.34. The number of hydrogen-bond donors (Lipinski definition) is 1. The summed E-state index contributed by atoms with van der Waals surface area (Å²) in [6.45, 7) is 1.18. The van der Waals surface area contributed by atoms with Crippen LogP contribution in [0.1, 0.15) is 17.3 Å². The summed E-state index contributed by atoms with van der Waals surface area (Å²) in [5, 5.41) is 8.95. The predicted molar refractivity (Wildman–Crippen MR) is 61.3 cm³/mol. The van der Waals surface area contributed by atoms with Crippen molar-refractivity contribution in [3.05, 3.63) is 35.9 Å². The van der Waals surface area contributed by atoms with Gasteiger partial charge in [-0.2, -0.15) is 0 Å². The lowest BCUT2D eigenvalue weighted by Crippen LogP contribution is -2.30. The fourth-order valence-electron chi connectivity index (χ4n) is 1.23. The van der Waals surface area contributed by atoms with E-state index in [1.54, 1.807) is 24.3 Å². The Bertz CT molecular complexity index is 377. The molecule has 0 aliphatic rings. The van der Waals surface area contributed by atoms with Gasteiger partial charge in [0.25, 0.3) is 0 Å². The highest BCUT2D eigenvalue weighted by Crippen LogP contribution is 2.28. The number of carboxylic acid groups (broad SMARTS) is 1. The lowest BCUT2D eigenvalue weighted by Gasteiger charge is -2.18. The van der Waals surface area contributed by atoms with Crippen LogP contribution in [0, 0.1) is 0 Å². The van der Waals surface area contributed by atoms with E-state index < -0.39 is 22.9 Å². The molecule has 0 aliphatic heterocycles. The molecule has 1 aromatic rings. The average molecular weight is 287 g/mol. The highest BCUT2D eigenvalue weighted by molar-refractivity contribution is 9.09. The van der Waals surface area contributed by atoms with E-state index in [0.717, 1.165) is 5.56 Å². The van der Waals surface area contributed by atoms with Crippen LogP contribution >= 0.6 is 15.9 Å². The Morgan fingerprint density at radius 2 is 1.88 bits per heavy atom. The van der Waals surface area contributed by atoms with E-state index in [4.69, 9.17) is 9.84 Å². The molecule has 0 fully saturated rings. The number of hydrogen-bond acceptors (Lipinski definition) is 3. The molecular formula is C11H11BrO4. The Hall–Kier alpha value is -1.36. The maximum Gasteiger partial charge on any atom is 0.346 e. The second kappa shape index (κ2) is 5.65. The number of carboxylic acids is 1. The largest absolute Gasteiger partial charge is 0.478 e. The van der Waals surface area contributed by atoms with Crippen LogP contribution in [0.3, 0.4) is 0 Å². The van der Waals surface area contributed by atoms with Crippen LogP contribution in [-0.2, 0) is 14.3 Å². The first-order valence-electron chi connectivity index (χ1n) is 4.61. The molecule has 5 heteroatoms. The van der Waals surface area contributed by atoms with Gasteiger partial charge in [-0.15, -0.1) is 0 Å². The summed E-state index contributed by atoms with van der Waals surface area (Å²) in [5.41, 5.74) is 0.746. The summed E-state index contributed by atoms with van der Waals surface area (Å²) < 4.78 is 4.74. The van der Waals surface area contributed by atoms with Crippen molar-refractivity contribution in [3.63, 3.8) is 0 Å².